The Morgan fingerprint density at radius 2 is 2.17 bits per heavy atom. The van der Waals surface area contributed by atoms with E-state index in [0.717, 1.165) is 6.42 Å². The summed E-state index contributed by atoms with van der Waals surface area (Å²) in [7, 11) is 0. The van der Waals surface area contributed by atoms with E-state index in [0.29, 0.717) is 13.1 Å². The molecule has 1 saturated heterocycles. The van der Waals surface area contributed by atoms with E-state index in [-0.39, 0.29) is 30.3 Å². The second-order valence-electron chi connectivity index (χ2n) is 4.32. The summed E-state index contributed by atoms with van der Waals surface area (Å²) in [5.74, 6) is -0.890. The number of carbonyl (C=O) groups excluding carboxylic acids is 2. The Morgan fingerprint density at radius 1 is 1.39 bits per heavy atom. The molecule has 1 aliphatic heterocycles. The molecule has 1 aromatic carbocycles. The third-order valence-electron chi connectivity index (χ3n) is 2.88. The fourth-order valence-electron chi connectivity index (χ4n) is 1.98. The number of nitrogens with zero attached hydrogens (tertiary/aromatic N) is 1. The highest BCUT2D eigenvalue weighted by Gasteiger charge is 2.19. The van der Waals surface area contributed by atoms with Crippen molar-refractivity contribution in [1.82, 2.24) is 10.2 Å². The molecule has 1 fully saturated rings. The molecule has 1 aliphatic rings. The SMILES string of the molecule is O=C1CN(CC(=O)c2ccccc2F)CCCN1. The van der Waals surface area contributed by atoms with E-state index in [2.05, 4.69) is 5.32 Å². The number of amides is 1. The number of benzene rings is 1. The zero-order chi connectivity index (χ0) is 13.0. The monoisotopic (exact) mass is 250 g/mol. The number of rotatable bonds is 3. The van der Waals surface area contributed by atoms with E-state index in [9.17, 15) is 14.0 Å². The molecule has 0 saturated carbocycles. The minimum absolute atomic E-state index is 0.0777. The number of nitrogens with one attached hydrogen (secondary N) is 1. The molecule has 0 bridgehead atoms. The van der Waals surface area contributed by atoms with E-state index in [1.165, 1.54) is 12.1 Å². The average Bonchev–Trinajstić information content (AvgIpc) is 2.54. The van der Waals surface area contributed by atoms with Gasteiger partial charge in [0, 0.05) is 13.1 Å². The van der Waals surface area contributed by atoms with Gasteiger partial charge in [-0.25, -0.2) is 4.39 Å². The predicted octanol–water partition coefficient (Wildman–Crippen LogP) is 0.830. The molecule has 1 aromatic rings. The maximum atomic E-state index is 13.4. The van der Waals surface area contributed by atoms with E-state index < -0.39 is 5.82 Å². The molecular weight excluding hydrogens is 235 g/mol. The lowest BCUT2D eigenvalue weighted by molar-refractivity contribution is -0.121. The average molecular weight is 250 g/mol. The van der Waals surface area contributed by atoms with Crippen molar-refractivity contribution in [3.05, 3.63) is 35.6 Å². The van der Waals surface area contributed by atoms with Crippen LogP contribution in [0.2, 0.25) is 0 Å². The number of ketones is 1. The summed E-state index contributed by atoms with van der Waals surface area (Å²) in [5, 5.41) is 2.73. The summed E-state index contributed by atoms with van der Waals surface area (Å²) in [6, 6.07) is 5.91. The lowest BCUT2D eigenvalue weighted by atomic mass is 10.1. The summed E-state index contributed by atoms with van der Waals surface area (Å²) in [4.78, 5) is 25.0. The molecule has 1 N–H and O–H groups in total. The second-order valence-corrected chi connectivity index (χ2v) is 4.32. The molecule has 0 spiro atoms. The van der Waals surface area contributed by atoms with Crippen LogP contribution in [0, 0.1) is 5.82 Å². The number of halogens is 1. The maximum Gasteiger partial charge on any atom is 0.234 e. The topological polar surface area (TPSA) is 49.4 Å². The highest BCUT2D eigenvalue weighted by Crippen LogP contribution is 2.08. The highest BCUT2D eigenvalue weighted by molar-refractivity contribution is 5.98. The van der Waals surface area contributed by atoms with Crippen molar-refractivity contribution in [3.63, 3.8) is 0 Å². The van der Waals surface area contributed by atoms with E-state index in [4.69, 9.17) is 0 Å². The van der Waals surface area contributed by atoms with Crippen LogP contribution in [0.25, 0.3) is 0 Å². The first-order valence-electron chi connectivity index (χ1n) is 5.93. The summed E-state index contributed by atoms with van der Waals surface area (Å²) in [5.41, 5.74) is 0.0853. The molecule has 1 amide bonds. The van der Waals surface area contributed by atoms with Gasteiger partial charge in [0.1, 0.15) is 5.82 Å². The molecule has 2 rings (SSSR count). The third kappa shape index (κ3) is 3.13. The Labute approximate surface area is 105 Å². The summed E-state index contributed by atoms with van der Waals surface area (Å²) in [6.45, 7) is 1.57. The Balaban J connectivity index is 2.02. The smallest absolute Gasteiger partial charge is 0.234 e. The van der Waals surface area contributed by atoms with E-state index >= 15 is 0 Å². The van der Waals surface area contributed by atoms with Crippen molar-refractivity contribution in [1.29, 1.82) is 0 Å². The fraction of sp³-hybridized carbons (Fsp3) is 0.385. The lowest BCUT2D eigenvalue weighted by Crippen LogP contribution is -2.36. The molecule has 18 heavy (non-hydrogen) atoms. The minimum atomic E-state index is -0.512. The summed E-state index contributed by atoms with van der Waals surface area (Å²) in [6.07, 6.45) is 0.802. The molecule has 5 heteroatoms. The predicted molar refractivity (Wildman–Crippen MR) is 64.8 cm³/mol. The van der Waals surface area contributed by atoms with Gasteiger partial charge < -0.3 is 5.32 Å². The van der Waals surface area contributed by atoms with Crippen LogP contribution in [0.15, 0.2) is 24.3 Å². The summed E-state index contributed by atoms with van der Waals surface area (Å²) >= 11 is 0. The lowest BCUT2D eigenvalue weighted by Gasteiger charge is -2.17. The van der Waals surface area contributed by atoms with Gasteiger partial charge in [0.2, 0.25) is 5.91 Å². The normalized spacial score (nSPS) is 17.1. The molecule has 0 aromatic heterocycles. The Bertz CT molecular complexity index is 462. The first kappa shape index (κ1) is 12.7. The van der Waals surface area contributed by atoms with Crippen molar-refractivity contribution in [2.45, 2.75) is 6.42 Å². The van der Waals surface area contributed by atoms with Crippen LogP contribution < -0.4 is 5.32 Å². The number of carbonyl (C=O) groups is 2. The number of hydrogen-bond donors (Lipinski definition) is 1. The number of hydrogen-bond acceptors (Lipinski definition) is 3. The van der Waals surface area contributed by atoms with Gasteiger partial charge in [-0.15, -0.1) is 0 Å². The van der Waals surface area contributed by atoms with Gasteiger partial charge in [-0.3, -0.25) is 14.5 Å². The molecule has 4 nitrogen and oxygen atoms in total. The van der Waals surface area contributed by atoms with Gasteiger partial charge in [0.25, 0.3) is 0 Å². The van der Waals surface area contributed by atoms with Crippen molar-refractivity contribution in [3.8, 4) is 0 Å². The second kappa shape index (κ2) is 5.73. The Hall–Kier alpha value is -1.75. The van der Waals surface area contributed by atoms with Crippen molar-refractivity contribution < 1.29 is 14.0 Å². The van der Waals surface area contributed by atoms with Gasteiger partial charge in [-0.05, 0) is 18.6 Å². The van der Waals surface area contributed by atoms with Gasteiger partial charge >= 0.3 is 0 Å². The third-order valence-corrected chi connectivity index (χ3v) is 2.88. The highest BCUT2D eigenvalue weighted by atomic mass is 19.1. The van der Waals surface area contributed by atoms with Crippen LogP contribution in [-0.2, 0) is 4.79 Å². The molecule has 1 heterocycles. The van der Waals surface area contributed by atoms with Crippen LogP contribution in [0.5, 0.6) is 0 Å². The van der Waals surface area contributed by atoms with Crippen LogP contribution in [-0.4, -0.2) is 42.8 Å². The standard InChI is InChI=1S/C13H15FN2O2/c14-11-5-2-1-4-10(11)12(17)8-16-7-3-6-15-13(18)9-16/h1-2,4-5H,3,6-9H2,(H,15,18). The fourth-order valence-corrected chi connectivity index (χ4v) is 1.98. The molecule has 0 aliphatic carbocycles. The quantitative estimate of drug-likeness (QED) is 0.808. The van der Waals surface area contributed by atoms with Crippen LogP contribution >= 0.6 is 0 Å². The van der Waals surface area contributed by atoms with Gasteiger partial charge in [-0.1, -0.05) is 12.1 Å². The Morgan fingerprint density at radius 3 is 2.94 bits per heavy atom. The van der Waals surface area contributed by atoms with E-state index in [1.54, 1.807) is 17.0 Å². The zero-order valence-corrected chi connectivity index (χ0v) is 9.99. The van der Waals surface area contributed by atoms with Gasteiger partial charge in [0.05, 0.1) is 18.7 Å². The maximum absolute atomic E-state index is 13.4. The zero-order valence-electron chi connectivity index (χ0n) is 9.99. The molecular formula is C13H15FN2O2. The van der Waals surface area contributed by atoms with Crippen molar-refractivity contribution in [2.75, 3.05) is 26.2 Å². The van der Waals surface area contributed by atoms with Gasteiger partial charge in [-0.2, -0.15) is 0 Å². The molecule has 0 radical (unpaired) electrons. The van der Waals surface area contributed by atoms with Crippen LogP contribution in [0.4, 0.5) is 4.39 Å². The van der Waals surface area contributed by atoms with Crippen LogP contribution in [0.3, 0.4) is 0 Å². The Kier molecular flexibility index (Phi) is 4.04. The minimum Gasteiger partial charge on any atom is -0.355 e. The first-order valence-corrected chi connectivity index (χ1v) is 5.93. The largest absolute Gasteiger partial charge is 0.355 e. The number of Topliss-reactive ketones (excluding diaryl/α,β-unsaturated/α-hetero) is 1. The van der Waals surface area contributed by atoms with Crippen molar-refractivity contribution >= 4 is 11.7 Å². The van der Waals surface area contributed by atoms with Gasteiger partial charge in [0.15, 0.2) is 5.78 Å². The summed E-state index contributed by atoms with van der Waals surface area (Å²) < 4.78 is 13.4. The molecule has 0 atom stereocenters. The first-order chi connectivity index (χ1) is 8.66. The van der Waals surface area contributed by atoms with E-state index in [1.807, 2.05) is 0 Å². The molecule has 0 unspecified atom stereocenters. The van der Waals surface area contributed by atoms with Crippen LogP contribution in [0.1, 0.15) is 16.8 Å². The molecule has 96 valence electrons. The van der Waals surface area contributed by atoms with Crippen molar-refractivity contribution in [2.24, 2.45) is 0 Å².